The van der Waals surface area contributed by atoms with Gasteiger partial charge in [-0.3, -0.25) is 9.59 Å². The Hall–Kier alpha value is -2.84. The van der Waals surface area contributed by atoms with Crippen molar-refractivity contribution < 1.29 is 44.3 Å². The third-order valence-corrected chi connectivity index (χ3v) is 10.8. The predicted molar refractivity (Wildman–Crippen MR) is 155 cm³/mol. The maximum Gasteiger partial charge on any atom is 0.416 e. The molecule has 0 aromatic heterocycles. The molecule has 7 nitrogen and oxygen atoms in total. The molecular weight excluding hydrogens is 648 g/mol. The maximum atomic E-state index is 13.5. The summed E-state index contributed by atoms with van der Waals surface area (Å²) < 4.78 is 107. The SMILES string of the molecule is CC(C)N(C)[C@@H]1CC[C@H](N2CC[C@H](NC(=O)c3cc(C(F)(F)F)cc(C(F)(F)F)c3)C2=O)[C@@H](CS(=O)(=O)c2ccc(Cl)cc2)C1. The molecule has 2 aromatic rings. The highest BCUT2D eigenvalue weighted by molar-refractivity contribution is 7.91. The Kier molecular flexibility index (Phi) is 10.2. The van der Waals surface area contributed by atoms with Crippen molar-refractivity contribution in [1.29, 1.82) is 0 Å². The summed E-state index contributed by atoms with van der Waals surface area (Å²) in [5, 5.41) is 2.68. The first kappa shape index (κ1) is 35.0. The molecule has 2 aliphatic rings. The van der Waals surface area contributed by atoms with Crippen molar-refractivity contribution in [1.82, 2.24) is 15.1 Å². The summed E-state index contributed by atoms with van der Waals surface area (Å²) in [7, 11) is -1.85. The largest absolute Gasteiger partial charge is 0.416 e. The van der Waals surface area contributed by atoms with E-state index in [2.05, 4.69) is 10.2 Å². The maximum absolute atomic E-state index is 13.5. The van der Waals surface area contributed by atoms with Crippen LogP contribution in [0.4, 0.5) is 26.3 Å². The minimum Gasteiger partial charge on any atom is -0.340 e. The molecule has 15 heteroatoms. The predicted octanol–water partition coefficient (Wildman–Crippen LogP) is 6.06. The quantitative estimate of drug-likeness (QED) is 0.343. The minimum absolute atomic E-state index is 0.0450. The second kappa shape index (κ2) is 13.1. The summed E-state index contributed by atoms with van der Waals surface area (Å²) >= 11 is 5.93. The second-order valence-electron chi connectivity index (χ2n) is 11.9. The Morgan fingerprint density at radius 2 is 1.58 bits per heavy atom. The van der Waals surface area contributed by atoms with E-state index in [4.69, 9.17) is 11.6 Å². The van der Waals surface area contributed by atoms with E-state index >= 15 is 0 Å². The van der Waals surface area contributed by atoms with E-state index in [-0.39, 0.29) is 41.8 Å². The lowest BCUT2D eigenvalue weighted by molar-refractivity contribution is -0.143. The van der Waals surface area contributed by atoms with Crippen molar-refractivity contribution in [2.24, 2.45) is 5.92 Å². The van der Waals surface area contributed by atoms with Gasteiger partial charge >= 0.3 is 12.4 Å². The number of benzene rings is 2. The Labute approximate surface area is 262 Å². The van der Waals surface area contributed by atoms with E-state index in [0.717, 1.165) is 0 Å². The van der Waals surface area contributed by atoms with E-state index in [0.29, 0.717) is 36.4 Å². The van der Waals surface area contributed by atoms with Gasteiger partial charge in [0.1, 0.15) is 6.04 Å². The van der Waals surface area contributed by atoms with Crippen LogP contribution in [-0.4, -0.2) is 73.5 Å². The number of sulfone groups is 1. The van der Waals surface area contributed by atoms with E-state index in [1.807, 2.05) is 20.9 Å². The average molecular weight is 682 g/mol. The summed E-state index contributed by atoms with van der Waals surface area (Å²) in [6, 6.07) is 4.83. The molecule has 2 aromatic carbocycles. The Bertz CT molecular complexity index is 1480. The Morgan fingerprint density at radius 3 is 2.11 bits per heavy atom. The molecule has 0 radical (unpaired) electrons. The van der Waals surface area contributed by atoms with Crippen molar-refractivity contribution >= 4 is 33.3 Å². The van der Waals surface area contributed by atoms with Crippen molar-refractivity contribution in [3.63, 3.8) is 0 Å². The van der Waals surface area contributed by atoms with Crippen LogP contribution in [0.3, 0.4) is 0 Å². The van der Waals surface area contributed by atoms with Crippen LogP contribution in [-0.2, 0) is 27.0 Å². The van der Waals surface area contributed by atoms with Gasteiger partial charge in [-0.2, -0.15) is 26.3 Å². The molecule has 1 saturated heterocycles. The van der Waals surface area contributed by atoms with Crippen LogP contribution in [0.15, 0.2) is 47.4 Å². The van der Waals surface area contributed by atoms with Crippen LogP contribution in [0.2, 0.25) is 5.02 Å². The van der Waals surface area contributed by atoms with Gasteiger partial charge in [0.05, 0.1) is 21.8 Å². The topological polar surface area (TPSA) is 86.8 Å². The number of nitrogens with one attached hydrogen (secondary N) is 1. The van der Waals surface area contributed by atoms with Crippen molar-refractivity contribution in [2.75, 3.05) is 19.3 Å². The van der Waals surface area contributed by atoms with Crippen LogP contribution in [0.5, 0.6) is 0 Å². The normalized spacial score (nSPS) is 23.2. The molecule has 4 rings (SSSR count). The van der Waals surface area contributed by atoms with E-state index in [1.54, 1.807) is 0 Å². The molecule has 1 N–H and O–H groups in total. The molecule has 45 heavy (non-hydrogen) atoms. The van der Waals surface area contributed by atoms with Crippen LogP contribution < -0.4 is 5.32 Å². The first-order chi connectivity index (χ1) is 20.8. The molecule has 1 heterocycles. The standard InChI is InChI=1S/C30H34ClF6N3O4S/c1-17(2)39(3)23-6-9-26(19(14-23)16-45(43,44)24-7-4-22(31)5-8-24)40-11-10-25(28(40)42)38-27(41)18-12-20(29(32,33)34)15-21(13-18)30(35,36)37/h4-5,7-8,12-13,15,17,19,23,25-26H,6,9-11,14,16H2,1-3H3,(H,38,41)/t19-,23-,25+,26+/m1/s1. The summed E-state index contributed by atoms with van der Waals surface area (Å²) in [5.41, 5.74) is -4.17. The fourth-order valence-electron chi connectivity index (χ4n) is 6.12. The molecule has 2 amide bonds. The van der Waals surface area contributed by atoms with Crippen molar-refractivity contribution in [3.05, 3.63) is 64.2 Å². The molecule has 4 atom stereocenters. The first-order valence-corrected chi connectivity index (χ1v) is 16.4. The lowest BCUT2D eigenvalue weighted by atomic mass is 9.81. The van der Waals surface area contributed by atoms with Gasteiger partial charge in [0.15, 0.2) is 9.84 Å². The lowest BCUT2D eigenvalue weighted by Gasteiger charge is -2.44. The number of likely N-dealkylation sites (tertiary alicyclic amines) is 1. The third-order valence-electron chi connectivity index (χ3n) is 8.71. The molecule has 2 fully saturated rings. The molecule has 0 spiro atoms. The Balaban J connectivity index is 1.56. The fourth-order valence-corrected chi connectivity index (χ4v) is 7.91. The van der Waals surface area contributed by atoms with Gasteiger partial charge in [0, 0.05) is 35.3 Å². The highest BCUT2D eigenvalue weighted by Gasteiger charge is 2.45. The number of nitrogens with zero attached hydrogens (tertiary/aromatic N) is 2. The minimum atomic E-state index is -5.14. The lowest BCUT2D eigenvalue weighted by Crippen LogP contribution is -2.53. The van der Waals surface area contributed by atoms with Gasteiger partial charge in [-0.15, -0.1) is 0 Å². The smallest absolute Gasteiger partial charge is 0.340 e. The zero-order valence-electron chi connectivity index (χ0n) is 24.8. The Morgan fingerprint density at radius 1 is 1.00 bits per heavy atom. The number of hydrogen-bond donors (Lipinski definition) is 1. The summed E-state index contributed by atoms with van der Waals surface area (Å²) in [6.45, 7) is 4.17. The summed E-state index contributed by atoms with van der Waals surface area (Å²) in [5.74, 6) is -2.56. The monoisotopic (exact) mass is 681 g/mol. The fraction of sp³-hybridized carbons (Fsp3) is 0.533. The van der Waals surface area contributed by atoms with Gasteiger partial charge in [0.25, 0.3) is 5.91 Å². The molecule has 0 bridgehead atoms. The molecule has 1 aliphatic carbocycles. The number of carbonyl (C=O) groups is 2. The number of hydrogen-bond acceptors (Lipinski definition) is 5. The van der Waals surface area contributed by atoms with Gasteiger partial charge < -0.3 is 15.1 Å². The number of alkyl halides is 6. The summed E-state index contributed by atoms with van der Waals surface area (Å²) in [6.07, 6.45) is -8.62. The number of amides is 2. The van der Waals surface area contributed by atoms with Crippen LogP contribution in [0, 0.1) is 5.92 Å². The first-order valence-electron chi connectivity index (χ1n) is 14.4. The zero-order valence-corrected chi connectivity index (χ0v) is 26.3. The van der Waals surface area contributed by atoms with E-state index in [1.165, 1.54) is 29.2 Å². The molecular formula is C30H34ClF6N3O4S. The van der Waals surface area contributed by atoms with Crippen LogP contribution >= 0.6 is 11.6 Å². The molecule has 1 aliphatic heterocycles. The number of halogens is 7. The zero-order chi connectivity index (χ0) is 33.5. The van der Waals surface area contributed by atoms with Gasteiger partial charge in [0.2, 0.25) is 5.91 Å². The van der Waals surface area contributed by atoms with Crippen LogP contribution in [0.1, 0.15) is 61.0 Å². The van der Waals surface area contributed by atoms with E-state index < -0.39 is 68.7 Å². The van der Waals surface area contributed by atoms with Crippen molar-refractivity contribution in [3.8, 4) is 0 Å². The molecule has 248 valence electrons. The van der Waals surface area contributed by atoms with Crippen molar-refractivity contribution in [2.45, 2.75) is 80.9 Å². The highest BCUT2D eigenvalue weighted by atomic mass is 35.5. The number of carbonyl (C=O) groups excluding carboxylic acids is 2. The van der Waals surface area contributed by atoms with Gasteiger partial charge in [-0.05, 0) is 95.0 Å². The van der Waals surface area contributed by atoms with E-state index in [9.17, 15) is 44.3 Å². The van der Waals surface area contributed by atoms with Gasteiger partial charge in [-0.1, -0.05) is 11.6 Å². The van der Waals surface area contributed by atoms with Gasteiger partial charge in [-0.25, -0.2) is 8.42 Å². The molecule has 0 unspecified atom stereocenters. The van der Waals surface area contributed by atoms with Crippen LogP contribution in [0.25, 0.3) is 0 Å². The average Bonchev–Trinajstić information content (AvgIpc) is 3.30. The summed E-state index contributed by atoms with van der Waals surface area (Å²) in [4.78, 5) is 30.2. The molecule has 1 saturated carbocycles. The third kappa shape index (κ3) is 8.12. The number of rotatable bonds is 8. The highest BCUT2D eigenvalue weighted by Crippen LogP contribution is 2.38. The second-order valence-corrected chi connectivity index (χ2v) is 14.4.